The van der Waals surface area contributed by atoms with Crippen LogP contribution in [0.2, 0.25) is 5.02 Å². The van der Waals surface area contributed by atoms with E-state index in [0.717, 1.165) is 62.8 Å². The maximum absolute atomic E-state index is 11.8. The maximum Gasteiger partial charge on any atom is 0.409 e. The Morgan fingerprint density at radius 1 is 1.12 bits per heavy atom. The minimum absolute atomic E-state index is 0.167. The van der Waals surface area contributed by atoms with E-state index < -0.39 is 0 Å². The number of halogens is 1. The molecule has 5 nitrogen and oxygen atoms in total. The maximum atomic E-state index is 11.8. The van der Waals surface area contributed by atoms with E-state index in [1.807, 2.05) is 30.0 Å². The summed E-state index contributed by atoms with van der Waals surface area (Å²) in [5.41, 5.74) is 1.14. The van der Waals surface area contributed by atoms with Crippen molar-refractivity contribution < 1.29 is 9.53 Å². The molecule has 2 saturated heterocycles. The van der Waals surface area contributed by atoms with Gasteiger partial charge in [-0.25, -0.2) is 4.79 Å². The summed E-state index contributed by atoms with van der Waals surface area (Å²) in [6, 6.07) is 8.63. The largest absolute Gasteiger partial charge is 0.450 e. The van der Waals surface area contributed by atoms with Crippen LogP contribution in [0.15, 0.2) is 24.3 Å². The van der Waals surface area contributed by atoms with Crippen LogP contribution in [0.3, 0.4) is 0 Å². The SMILES string of the molecule is CCOC(=O)N1CCC(N2CCN(c3ccccc3Cl)CC2)CC1. The quantitative estimate of drug-likeness (QED) is 0.838. The van der Waals surface area contributed by atoms with E-state index in [-0.39, 0.29) is 6.09 Å². The predicted octanol–water partition coefficient (Wildman–Crippen LogP) is 3.08. The zero-order chi connectivity index (χ0) is 16.9. The fraction of sp³-hybridized carbons (Fsp3) is 0.611. The predicted molar refractivity (Wildman–Crippen MR) is 96.9 cm³/mol. The normalized spacial score (nSPS) is 20.2. The molecule has 0 aromatic heterocycles. The third-order valence-electron chi connectivity index (χ3n) is 5.01. The van der Waals surface area contributed by atoms with Gasteiger partial charge in [0.05, 0.1) is 17.3 Å². The van der Waals surface area contributed by atoms with Crippen molar-refractivity contribution in [2.75, 3.05) is 50.8 Å². The number of hydrogen-bond donors (Lipinski definition) is 0. The summed E-state index contributed by atoms with van der Waals surface area (Å²) in [6.45, 7) is 8.00. The molecule has 2 aliphatic rings. The van der Waals surface area contributed by atoms with Gasteiger partial charge in [-0.05, 0) is 31.9 Å². The van der Waals surface area contributed by atoms with E-state index in [0.29, 0.717) is 12.6 Å². The Hall–Kier alpha value is -1.46. The summed E-state index contributed by atoms with van der Waals surface area (Å²) in [7, 11) is 0. The van der Waals surface area contributed by atoms with Gasteiger partial charge in [-0.1, -0.05) is 23.7 Å². The molecule has 3 rings (SSSR count). The van der Waals surface area contributed by atoms with Crippen molar-refractivity contribution in [3.8, 4) is 0 Å². The van der Waals surface area contributed by atoms with Crippen LogP contribution >= 0.6 is 11.6 Å². The lowest BCUT2D eigenvalue weighted by atomic mass is 10.0. The van der Waals surface area contributed by atoms with E-state index in [1.165, 1.54) is 0 Å². The van der Waals surface area contributed by atoms with Gasteiger partial charge in [0.1, 0.15) is 0 Å². The second-order valence-corrected chi connectivity index (χ2v) is 6.80. The molecule has 0 unspecified atom stereocenters. The van der Waals surface area contributed by atoms with Crippen molar-refractivity contribution >= 4 is 23.4 Å². The summed E-state index contributed by atoms with van der Waals surface area (Å²) in [5, 5.41) is 0.827. The van der Waals surface area contributed by atoms with Crippen molar-refractivity contribution in [3.05, 3.63) is 29.3 Å². The van der Waals surface area contributed by atoms with Gasteiger partial charge in [0.15, 0.2) is 0 Å². The fourth-order valence-electron chi connectivity index (χ4n) is 3.66. The lowest BCUT2D eigenvalue weighted by Gasteiger charge is -2.43. The Kier molecular flexibility index (Phi) is 5.85. The molecule has 0 bridgehead atoms. The van der Waals surface area contributed by atoms with Crippen molar-refractivity contribution in [1.29, 1.82) is 0 Å². The Morgan fingerprint density at radius 2 is 1.79 bits per heavy atom. The minimum atomic E-state index is -0.167. The van der Waals surface area contributed by atoms with E-state index in [2.05, 4.69) is 15.9 Å². The van der Waals surface area contributed by atoms with Crippen molar-refractivity contribution in [2.45, 2.75) is 25.8 Å². The van der Waals surface area contributed by atoms with Gasteiger partial charge in [-0.2, -0.15) is 0 Å². The number of anilines is 1. The van der Waals surface area contributed by atoms with Crippen LogP contribution in [-0.2, 0) is 4.74 Å². The van der Waals surface area contributed by atoms with Gasteiger partial charge in [0.2, 0.25) is 0 Å². The summed E-state index contributed by atoms with van der Waals surface area (Å²) < 4.78 is 5.09. The number of nitrogens with zero attached hydrogens (tertiary/aromatic N) is 3. The molecule has 24 heavy (non-hydrogen) atoms. The molecule has 1 amide bonds. The topological polar surface area (TPSA) is 36.0 Å². The smallest absolute Gasteiger partial charge is 0.409 e. The molecule has 1 aromatic rings. The molecule has 0 radical (unpaired) electrons. The van der Waals surface area contributed by atoms with Crippen LogP contribution in [0.25, 0.3) is 0 Å². The molecule has 132 valence electrons. The number of likely N-dealkylation sites (tertiary alicyclic amines) is 1. The van der Waals surface area contributed by atoms with Gasteiger partial charge in [-0.3, -0.25) is 4.90 Å². The Labute approximate surface area is 149 Å². The average Bonchev–Trinajstić information content (AvgIpc) is 2.63. The summed E-state index contributed by atoms with van der Waals surface area (Å²) in [4.78, 5) is 18.6. The minimum Gasteiger partial charge on any atom is -0.450 e. The number of rotatable bonds is 3. The van der Waals surface area contributed by atoms with Crippen LogP contribution in [0.4, 0.5) is 10.5 Å². The molecule has 0 atom stereocenters. The second-order valence-electron chi connectivity index (χ2n) is 6.39. The number of amides is 1. The number of benzene rings is 1. The lowest BCUT2D eigenvalue weighted by molar-refractivity contribution is 0.0729. The Morgan fingerprint density at radius 3 is 2.42 bits per heavy atom. The molecule has 2 fully saturated rings. The molecule has 6 heteroatoms. The van der Waals surface area contributed by atoms with Crippen LogP contribution in [0.1, 0.15) is 19.8 Å². The summed E-state index contributed by atoms with van der Waals surface area (Å²) >= 11 is 6.31. The number of hydrogen-bond acceptors (Lipinski definition) is 4. The third kappa shape index (κ3) is 3.95. The molecule has 0 N–H and O–H groups in total. The molecular formula is C18H26ClN3O2. The van der Waals surface area contributed by atoms with Gasteiger partial charge in [0, 0.05) is 45.3 Å². The number of piperidine rings is 1. The van der Waals surface area contributed by atoms with E-state index in [4.69, 9.17) is 16.3 Å². The first-order valence-corrected chi connectivity index (χ1v) is 9.22. The van der Waals surface area contributed by atoms with Crippen molar-refractivity contribution in [1.82, 2.24) is 9.80 Å². The van der Waals surface area contributed by atoms with Gasteiger partial charge in [-0.15, -0.1) is 0 Å². The summed E-state index contributed by atoms with van der Waals surface area (Å²) in [5.74, 6) is 0. The lowest BCUT2D eigenvalue weighted by Crippen LogP contribution is -2.53. The second kappa shape index (κ2) is 8.08. The molecule has 0 saturated carbocycles. The van der Waals surface area contributed by atoms with Gasteiger partial charge >= 0.3 is 6.09 Å². The van der Waals surface area contributed by atoms with Gasteiger partial charge in [0.25, 0.3) is 0 Å². The van der Waals surface area contributed by atoms with E-state index in [1.54, 1.807) is 0 Å². The zero-order valence-electron chi connectivity index (χ0n) is 14.3. The average molecular weight is 352 g/mol. The Balaban J connectivity index is 1.48. The van der Waals surface area contributed by atoms with Crippen LogP contribution in [-0.4, -0.2) is 67.8 Å². The van der Waals surface area contributed by atoms with E-state index in [9.17, 15) is 4.79 Å². The highest BCUT2D eigenvalue weighted by Gasteiger charge is 2.29. The standard InChI is InChI=1S/C18H26ClN3O2/c1-2-24-18(23)22-9-7-15(8-10-22)20-11-13-21(14-12-20)17-6-4-3-5-16(17)19/h3-6,15H,2,7-14H2,1H3. The highest BCUT2D eigenvalue weighted by molar-refractivity contribution is 6.33. The third-order valence-corrected chi connectivity index (χ3v) is 5.33. The molecule has 2 aliphatic heterocycles. The first-order valence-electron chi connectivity index (χ1n) is 8.84. The number of carbonyl (C=O) groups excluding carboxylic acids is 1. The number of ether oxygens (including phenoxy) is 1. The summed E-state index contributed by atoms with van der Waals surface area (Å²) in [6.07, 6.45) is 1.90. The highest BCUT2D eigenvalue weighted by atomic mass is 35.5. The highest BCUT2D eigenvalue weighted by Crippen LogP contribution is 2.27. The fourth-order valence-corrected chi connectivity index (χ4v) is 3.92. The van der Waals surface area contributed by atoms with E-state index >= 15 is 0 Å². The molecule has 2 heterocycles. The van der Waals surface area contributed by atoms with Crippen LogP contribution < -0.4 is 4.90 Å². The monoisotopic (exact) mass is 351 g/mol. The number of carbonyl (C=O) groups is 1. The van der Waals surface area contributed by atoms with Crippen molar-refractivity contribution in [3.63, 3.8) is 0 Å². The molecular weight excluding hydrogens is 326 g/mol. The first-order chi connectivity index (χ1) is 11.7. The van der Waals surface area contributed by atoms with Crippen LogP contribution in [0, 0.1) is 0 Å². The molecule has 0 aliphatic carbocycles. The Bertz CT molecular complexity index is 553. The molecule has 1 aromatic carbocycles. The van der Waals surface area contributed by atoms with Crippen molar-refractivity contribution in [2.24, 2.45) is 0 Å². The number of para-hydroxylation sites is 1. The zero-order valence-corrected chi connectivity index (χ0v) is 15.0. The van der Waals surface area contributed by atoms with Gasteiger partial charge < -0.3 is 14.5 Å². The van der Waals surface area contributed by atoms with Crippen LogP contribution in [0.5, 0.6) is 0 Å². The number of piperazine rings is 1. The first kappa shape index (κ1) is 17.4. The molecule has 0 spiro atoms.